The number of hydrogen-bond acceptors (Lipinski definition) is 2. The molecular weight excluding hydrogens is 250 g/mol. The molecular formula is C16H19N3O. The second-order valence-corrected chi connectivity index (χ2v) is 4.85. The van der Waals surface area contributed by atoms with Crippen molar-refractivity contribution in [1.82, 2.24) is 15.1 Å². The smallest absolute Gasteiger partial charge is 0.272 e. The van der Waals surface area contributed by atoms with Crippen molar-refractivity contribution in [3.8, 4) is 5.69 Å². The van der Waals surface area contributed by atoms with E-state index in [1.54, 1.807) is 16.8 Å². The maximum atomic E-state index is 11.9. The first-order chi connectivity index (χ1) is 9.52. The molecule has 2 rings (SSSR count). The normalized spacial score (nSPS) is 10.3. The summed E-state index contributed by atoms with van der Waals surface area (Å²) in [6, 6.07) is 7.92. The summed E-state index contributed by atoms with van der Waals surface area (Å²) >= 11 is 0. The first-order valence-electron chi connectivity index (χ1n) is 6.56. The molecule has 104 valence electrons. The number of aryl methyl sites for hydroxylation is 3. The van der Waals surface area contributed by atoms with E-state index in [9.17, 15) is 4.79 Å². The van der Waals surface area contributed by atoms with Crippen LogP contribution in [0.4, 0.5) is 0 Å². The lowest BCUT2D eigenvalue weighted by atomic mass is 10.1. The molecule has 0 unspecified atom stereocenters. The fourth-order valence-electron chi connectivity index (χ4n) is 1.96. The van der Waals surface area contributed by atoms with Crippen LogP contribution in [0.3, 0.4) is 0 Å². The zero-order valence-electron chi connectivity index (χ0n) is 12.1. The van der Waals surface area contributed by atoms with Crippen molar-refractivity contribution >= 4 is 5.91 Å². The fourth-order valence-corrected chi connectivity index (χ4v) is 1.96. The number of carbonyl (C=O) groups is 1. The largest absolute Gasteiger partial charge is 0.347 e. The average molecular weight is 269 g/mol. The molecule has 4 nitrogen and oxygen atoms in total. The number of nitrogens with one attached hydrogen (secondary N) is 1. The van der Waals surface area contributed by atoms with E-state index in [-0.39, 0.29) is 5.91 Å². The number of carbonyl (C=O) groups excluding carboxylic acids is 1. The number of aromatic nitrogens is 2. The molecule has 0 aliphatic carbocycles. The highest BCUT2D eigenvalue weighted by Crippen LogP contribution is 2.16. The van der Waals surface area contributed by atoms with Gasteiger partial charge in [0.1, 0.15) is 0 Å². The molecule has 0 fully saturated rings. The molecule has 0 aliphatic rings. The van der Waals surface area contributed by atoms with E-state index in [0.29, 0.717) is 12.2 Å². The number of hydrogen-bond donors (Lipinski definition) is 1. The molecule has 0 radical (unpaired) electrons. The Balaban J connectivity index is 2.33. The maximum absolute atomic E-state index is 11.9. The van der Waals surface area contributed by atoms with E-state index in [1.165, 1.54) is 11.1 Å². The van der Waals surface area contributed by atoms with Gasteiger partial charge in [-0.05, 0) is 50.1 Å². The minimum Gasteiger partial charge on any atom is -0.347 e. The van der Waals surface area contributed by atoms with Crippen LogP contribution < -0.4 is 5.32 Å². The van der Waals surface area contributed by atoms with Crippen LogP contribution in [0.15, 0.2) is 36.9 Å². The second-order valence-electron chi connectivity index (χ2n) is 4.85. The van der Waals surface area contributed by atoms with Crippen molar-refractivity contribution in [2.24, 2.45) is 0 Å². The fraction of sp³-hybridized carbons (Fsp3) is 0.250. The molecule has 20 heavy (non-hydrogen) atoms. The van der Waals surface area contributed by atoms with Crippen LogP contribution in [0.5, 0.6) is 0 Å². The van der Waals surface area contributed by atoms with Crippen molar-refractivity contribution in [3.63, 3.8) is 0 Å². The lowest BCUT2D eigenvalue weighted by Crippen LogP contribution is -2.23. The third-order valence-electron chi connectivity index (χ3n) is 3.26. The van der Waals surface area contributed by atoms with E-state index in [1.807, 2.05) is 13.0 Å². The zero-order valence-corrected chi connectivity index (χ0v) is 12.1. The minimum atomic E-state index is -0.185. The summed E-state index contributed by atoms with van der Waals surface area (Å²) in [7, 11) is 0. The molecule has 0 bridgehead atoms. The van der Waals surface area contributed by atoms with Gasteiger partial charge in [-0.3, -0.25) is 4.79 Å². The van der Waals surface area contributed by atoms with Crippen LogP contribution in [-0.4, -0.2) is 22.2 Å². The third kappa shape index (κ3) is 2.79. The van der Waals surface area contributed by atoms with E-state index < -0.39 is 0 Å². The van der Waals surface area contributed by atoms with Gasteiger partial charge in [-0.2, -0.15) is 5.10 Å². The number of amides is 1. The first kappa shape index (κ1) is 14.1. The van der Waals surface area contributed by atoms with Crippen LogP contribution in [0, 0.1) is 20.8 Å². The summed E-state index contributed by atoms with van der Waals surface area (Å²) in [6.07, 6.45) is 1.64. The Kier molecular flexibility index (Phi) is 4.03. The average Bonchev–Trinajstić information content (AvgIpc) is 2.81. The Morgan fingerprint density at radius 1 is 1.30 bits per heavy atom. The molecule has 0 spiro atoms. The molecule has 0 atom stereocenters. The SMILES string of the molecule is C=CCNC(=O)c1cc(C)n(-c2ccc(C)c(C)c2)n1. The van der Waals surface area contributed by atoms with Crippen molar-refractivity contribution in [1.29, 1.82) is 0 Å². The summed E-state index contributed by atoms with van der Waals surface area (Å²) in [5.74, 6) is -0.185. The number of nitrogens with zero attached hydrogens (tertiary/aromatic N) is 2. The lowest BCUT2D eigenvalue weighted by Gasteiger charge is -2.07. The van der Waals surface area contributed by atoms with Gasteiger partial charge in [-0.25, -0.2) is 4.68 Å². The molecule has 2 aromatic rings. The van der Waals surface area contributed by atoms with Crippen molar-refractivity contribution in [2.45, 2.75) is 20.8 Å². The van der Waals surface area contributed by atoms with Gasteiger partial charge < -0.3 is 5.32 Å². The summed E-state index contributed by atoms with van der Waals surface area (Å²) in [5, 5.41) is 7.10. The Morgan fingerprint density at radius 3 is 2.70 bits per heavy atom. The summed E-state index contributed by atoms with van der Waals surface area (Å²) < 4.78 is 1.79. The molecule has 1 amide bonds. The maximum Gasteiger partial charge on any atom is 0.272 e. The van der Waals surface area contributed by atoms with Gasteiger partial charge >= 0.3 is 0 Å². The highest BCUT2D eigenvalue weighted by atomic mass is 16.1. The predicted octanol–water partition coefficient (Wildman–Crippen LogP) is 2.71. The Morgan fingerprint density at radius 2 is 2.05 bits per heavy atom. The highest BCUT2D eigenvalue weighted by molar-refractivity contribution is 5.92. The lowest BCUT2D eigenvalue weighted by molar-refractivity contribution is 0.0952. The first-order valence-corrected chi connectivity index (χ1v) is 6.56. The van der Waals surface area contributed by atoms with Gasteiger partial charge in [0.2, 0.25) is 0 Å². The molecule has 1 aromatic carbocycles. The standard InChI is InChI=1S/C16H19N3O/c1-5-8-17-16(20)15-10-13(4)19(18-15)14-7-6-11(2)12(3)9-14/h5-7,9-10H,1,8H2,2-4H3,(H,17,20). The van der Waals surface area contributed by atoms with Gasteiger partial charge in [0, 0.05) is 12.2 Å². The summed E-state index contributed by atoms with van der Waals surface area (Å²) in [5.41, 5.74) is 4.76. The summed E-state index contributed by atoms with van der Waals surface area (Å²) in [4.78, 5) is 11.9. The van der Waals surface area contributed by atoms with Crippen molar-refractivity contribution in [3.05, 3.63) is 59.4 Å². The number of rotatable bonds is 4. The number of benzene rings is 1. The molecule has 1 N–H and O–H groups in total. The van der Waals surface area contributed by atoms with E-state index >= 15 is 0 Å². The van der Waals surface area contributed by atoms with Gasteiger partial charge in [-0.15, -0.1) is 6.58 Å². The van der Waals surface area contributed by atoms with Crippen molar-refractivity contribution in [2.75, 3.05) is 6.54 Å². The Bertz CT molecular complexity index is 656. The second kappa shape index (κ2) is 5.74. The summed E-state index contributed by atoms with van der Waals surface area (Å²) in [6.45, 7) is 10.1. The Labute approximate surface area is 119 Å². The molecule has 0 saturated carbocycles. The van der Waals surface area contributed by atoms with Crippen molar-refractivity contribution < 1.29 is 4.79 Å². The third-order valence-corrected chi connectivity index (χ3v) is 3.26. The van der Waals surface area contributed by atoms with Crippen LogP contribution in [0.1, 0.15) is 27.3 Å². The monoisotopic (exact) mass is 269 g/mol. The van der Waals surface area contributed by atoms with Gasteiger partial charge in [0.25, 0.3) is 5.91 Å². The van der Waals surface area contributed by atoms with Gasteiger partial charge in [0.05, 0.1) is 5.69 Å². The molecule has 1 aromatic heterocycles. The topological polar surface area (TPSA) is 46.9 Å². The Hall–Kier alpha value is -2.36. The molecule has 0 aliphatic heterocycles. The zero-order chi connectivity index (χ0) is 14.7. The van der Waals surface area contributed by atoms with Crippen LogP contribution >= 0.6 is 0 Å². The molecule has 0 saturated heterocycles. The highest BCUT2D eigenvalue weighted by Gasteiger charge is 2.12. The minimum absolute atomic E-state index is 0.185. The van der Waals surface area contributed by atoms with E-state index in [2.05, 4.69) is 43.0 Å². The quantitative estimate of drug-likeness (QED) is 0.867. The van der Waals surface area contributed by atoms with E-state index in [0.717, 1.165) is 11.4 Å². The van der Waals surface area contributed by atoms with Crippen LogP contribution in [0.25, 0.3) is 5.69 Å². The molecule has 1 heterocycles. The van der Waals surface area contributed by atoms with Crippen LogP contribution in [0.2, 0.25) is 0 Å². The molecule has 4 heteroatoms. The van der Waals surface area contributed by atoms with Crippen LogP contribution in [-0.2, 0) is 0 Å². The predicted molar refractivity (Wildman–Crippen MR) is 80.3 cm³/mol. The van der Waals surface area contributed by atoms with Gasteiger partial charge in [0.15, 0.2) is 5.69 Å². The van der Waals surface area contributed by atoms with E-state index in [4.69, 9.17) is 0 Å². The van der Waals surface area contributed by atoms with Gasteiger partial charge in [-0.1, -0.05) is 12.1 Å².